The fourth-order valence-corrected chi connectivity index (χ4v) is 8.92. The second-order valence-electron chi connectivity index (χ2n) is 13.5. The van der Waals surface area contributed by atoms with E-state index < -0.39 is 0 Å². The van der Waals surface area contributed by atoms with Crippen LogP contribution in [0.15, 0.2) is 180 Å². The van der Waals surface area contributed by atoms with Gasteiger partial charge in [0.25, 0.3) is 0 Å². The number of nitrogens with zero attached hydrogens (tertiary/aromatic N) is 3. The topological polar surface area (TPSA) is 51.8 Å². The van der Waals surface area contributed by atoms with Gasteiger partial charge < -0.3 is 4.42 Å². The molecule has 0 spiro atoms. The molecule has 0 atom stereocenters. The monoisotopic (exact) mass is 707 g/mol. The molecule has 0 saturated heterocycles. The Morgan fingerprint density at radius 1 is 0.407 bits per heavy atom. The minimum Gasteiger partial charge on any atom is -0.454 e. The van der Waals surface area contributed by atoms with Crippen LogP contribution in [-0.2, 0) is 0 Å². The van der Waals surface area contributed by atoms with Crippen LogP contribution in [0.3, 0.4) is 0 Å². The average molecular weight is 708 g/mol. The summed E-state index contributed by atoms with van der Waals surface area (Å²) < 4.78 is 8.91. The van der Waals surface area contributed by atoms with E-state index in [0.717, 1.165) is 77.7 Å². The molecule has 11 aromatic rings. The number of rotatable bonds is 5. The smallest absolute Gasteiger partial charge is 0.161 e. The van der Waals surface area contributed by atoms with Gasteiger partial charge in [0.1, 0.15) is 11.1 Å². The van der Waals surface area contributed by atoms with Gasteiger partial charge >= 0.3 is 0 Å². The summed E-state index contributed by atoms with van der Waals surface area (Å²) in [6.45, 7) is 0. The van der Waals surface area contributed by atoms with Gasteiger partial charge in [-0.25, -0.2) is 15.0 Å². The van der Waals surface area contributed by atoms with Gasteiger partial charge in [0.15, 0.2) is 11.4 Å². The zero-order chi connectivity index (χ0) is 35.6. The molecule has 54 heavy (non-hydrogen) atoms. The van der Waals surface area contributed by atoms with Crippen molar-refractivity contribution in [3.05, 3.63) is 176 Å². The zero-order valence-corrected chi connectivity index (χ0v) is 29.7. The molecular formula is C49H29N3OS. The van der Waals surface area contributed by atoms with Crippen molar-refractivity contribution >= 4 is 64.4 Å². The minimum atomic E-state index is 0.689. The maximum absolute atomic E-state index is 6.32. The molecule has 7 aromatic carbocycles. The molecular weight excluding hydrogens is 679 g/mol. The number of aromatic nitrogens is 3. The van der Waals surface area contributed by atoms with Crippen molar-refractivity contribution in [2.75, 3.05) is 0 Å². The van der Waals surface area contributed by atoms with E-state index in [0.29, 0.717) is 5.82 Å². The lowest BCUT2D eigenvalue weighted by molar-refractivity contribution is 0.672. The summed E-state index contributed by atoms with van der Waals surface area (Å²) in [6.07, 6.45) is 0. The first kappa shape index (κ1) is 30.7. The van der Waals surface area contributed by atoms with Crippen molar-refractivity contribution in [1.29, 1.82) is 0 Å². The molecule has 0 unspecified atom stereocenters. The highest BCUT2D eigenvalue weighted by Crippen LogP contribution is 2.41. The summed E-state index contributed by atoms with van der Waals surface area (Å²) in [5.74, 6) is 0.689. The van der Waals surface area contributed by atoms with E-state index in [1.165, 1.54) is 25.7 Å². The SMILES string of the molecule is c1ccc(-c2nc(-c3ccc(-c4nc5c6ccccc6oc5c5ccccc45)cc3)cc(-c3cccc(-c4cccc5c4sc4ccccc45)c3)n2)cc1. The summed E-state index contributed by atoms with van der Waals surface area (Å²) in [5.41, 5.74) is 11.6. The standard InChI is InChI=1S/C49H29N3OS/c1-2-12-32(13-3-1)49-50-41(29-42(51-49)34-15-10-14-33(28-34)35-20-11-21-39-36-16-7-9-23-44(36)54-48(35)39)30-24-26-31(27-25-30)45-37-17-4-5-18-38(37)47-46(52-45)40-19-6-8-22-43(40)53-47/h1-29H. The molecule has 0 bridgehead atoms. The molecule has 0 aliphatic rings. The summed E-state index contributed by atoms with van der Waals surface area (Å²) in [4.78, 5) is 15.5. The highest BCUT2D eigenvalue weighted by molar-refractivity contribution is 7.26. The van der Waals surface area contributed by atoms with Crippen molar-refractivity contribution in [2.24, 2.45) is 0 Å². The van der Waals surface area contributed by atoms with Gasteiger partial charge in [-0.1, -0.05) is 146 Å². The van der Waals surface area contributed by atoms with E-state index in [1.54, 1.807) is 0 Å². The highest BCUT2D eigenvalue weighted by atomic mass is 32.1. The number of furan rings is 1. The van der Waals surface area contributed by atoms with E-state index in [-0.39, 0.29) is 0 Å². The molecule has 0 aliphatic carbocycles. The molecule has 0 fully saturated rings. The van der Waals surface area contributed by atoms with Crippen LogP contribution in [0.25, 0.3) is 109 Å². The normalized spacial score (nSPS) is 11.7. The maximum atomic E-state index is 6.32. The van der Waals surface area contributed by atoms with Crippen LogP contribution < -0.4 is 0 Å². The Kier molecular flexibility index (Phi) is 7.00. The van der Waals surface area contributed by atoms with Crippen LogP contribution in [0, 0.1) is 0 Å². The Labute approximate surface area is 314 Å². The van der Waals surface area contributed by atoms with Crippen LogP contribution >= 0.6 is 11.3 Å². The largest absolute Gasteiger partial charge is 0.454 e. The maximum Gasteiger partial charge on any atom is 0.161 e. The number of pyridine rings is 1. The molecule has 4 aromatic heterocycles. The first-order chi connectivity index (χ1) is 26.7. The lowest BCUT2D eigenvalue weighted by atomic mass is 9.98. The predicted molar refractivity (Wildman–Crippen MR) is 225 cm³/mol. The molecule has 252 valence electrons. The van der Waals surface area contributed by atoms with Crippen LogP contribution in [0.1, 0.15) is 0 Å². The summed E-state index contributed by atoms with van der Waals surface area (Å²) >= 11 is 1.85. The van der Waals surface area contributed by atoms with Crippen LogP contribution in [0.5, 0.6) is 0 Å². The predicted octanol–water partition coefficient (Wildman–Crippen LogP) is 13.6. The van der Waals surface area contributed by atoms with Crippen molar-refractivity contribution in [3.63, 3.8) is 0 Å². The highest BCUT2D eigenvalue weighted by Gasteiger charge is 2.18. The minimum absolute atomic E-state index is 0.689. The van der Waals surface area contributed by atoms with Crippen LogP contribution in [0.4, 0.5) is 0 Å². The van der Waals surface area contributed by atoms with Crippen molar-refractivity contribution < 1.29 is 4.42 Å². The second kappa shape index (κ2) is 12.3. The number of hydrogen-bond acceptors (Lipinski definition) is 5. The van der Waals surface area contributed by atoms with Crippen LogP contribution in [0.2, 0.25) is 0 Å². The van der Waals surface area contributed by atoms with Gasteiger partial charge in [0.2, 0.25) is 0 Å². The number of fused-ring (bicyclic) bond motifs is 8. The summed E-state index contributed by atoms with van der Waals surface area (Å²) in [6, 6.07) is 61.4. The van der Waals surface area contributed by atoms with Crippen LogP contribution in [-0.4, -0.2) is 15.0 Å². The van der Waals surface area contributed by atoms with E-state index in [2.05, 4.69) is 140 Å². The van der Waals surface area contributed by atoms with Crippen molar-refractivity contribution in [2.45, 2.75) is 0 Å². The fourth-order valence-electron chi connectivity index (χ4n) is 7.68. The van der Waals surface area contributed by atoms with Gasteiger partial charge in [0.05, 0.1) is 17.1 Å². The number of benzene rings is 7. The van der Waals surface area contributed by atoms with Gasteiger partial charge in [-0.3, -0.25) is 0 Å². The number of hydrogen-bond donors (Lipinski definition) is 0. The zero-order valence-electron chi connectivity index (χ0n) is 28.9. The van der Waals surface area contributed by atoms with E-state index in [1.807, 2.05) is 47.7 Å². The molecule has 0 saturated carbocycles. The fraction of sp³-hybridized carbons (Fsp3) is 0. The van der Waals surface area contributed by atoms with Gasteiger partial charge in [-0.15, -0.1) is 11.3 Å². The van der Waals surface area contributed by atoms with E-state index in [4.69, 9.17) is 19.4 Å². The van der Waals surface area contributed by atoms with Crippen molar-refractivity contribution in [3.8, 4) is 56.3 Å². The molecule has 4 nitrogen and oxygen atoms in total. The molecule has 0 aliphatic heterocycles. The van der Waals surface area contributed by atoms with Gasteiger partial charge in [-0.05, 0) is 41.5 Å². The quantitative estimate of drug-likeness (QED) is 0.179. The first-order valence-corrected chi connectivity index (χ1v) is 18.8. The van der Waals surface area contributed by atoms with Gasteiger partial charge in [0, 0.05) is 58.6 Å². The third-order valence-electron chi connectivity index (χ3n) is 10.3. The second-order valence-corrected chi connectivity index (χ2v) is 14.6. The third-order valence-corrected chi connectivity index (χ3v) is 11.5. The Morgan fingerprint density at radius 3 is 1.89 bits per heavy atom. The molecule has 0 radical (unpaired) electrons. The lowest BCUT2D eigenvalue weighted by Crippen LogP contribution is -1.96. The van der Waals surface area contributed by atoms with E-state index >= 15 is 0 Å². The Balaban J connectivity index is 1.03. The Hall–Kier alpha value is -6.95. The Morgan fingerprint density at radius 2 is 1.04 bits per heavy atom. The molecule has 11 rings (SSSR count). The average Bonchev–Trinajstić information content (AvgIpc) is 3.82. The molecule has 5 heteroatoms. The summed E-state index contributed by atoms with van der Waals surface area (Å²) in [7, 11) is 0. The first-order valence-electron chi connectivity index (χ1n) is 18.0. The number of thiophene rings is 1. The Bertz CT molecular complexity index is 3220. The van der Waals surface area contributed by atoms with Gasteiger partial charge in [-0.2, -0.15) is 0 Å². The lowest BCUT2D eigenvalue weighted by Gasteiger charge is -2.12. The third kappa shape index (κ3) is 5.01. The van der Waals surface area contributed by atoms with E-state index in [9.17, 15) is 0 Å². The molecule has 0 amide bonds. The van der Waals surface area contributed by atoms with Crippen molar-refractivity contribution in [1.82, 2.24) is 15.0 Å². The molecule has 4 heterocycles. The number of para-hydroxylation sites is 1. The summed E-state index contributed by atoms with van der Waals surface area (Å²) in [5, 5.41) is 5.71. The molecule has 0 N–H and O–H groups in total.